The van der Waals surface area contributed by atoms with E-state index in [0.29, 0.717) is 6.54 Å². The van der Waals surface area contributed by atoms with Crippen molar-refractivity contribution in [2.24, 2.45) is 0 Å². The van der Waals surface area contributed by atoms with Crippen LogP contribution in [0.5, 0.6) is 0 Å². The molecule has 2 aromatic rings. The molecule has 1 amide bonds. The number of oxazole rings is 1. The normalized spacial score (nSPS) is 16.4. The smallest absolute Gasteiger partial charge is 0.238 e. The Labute approximate surface area is 155 Å². The number of hydrogen-bond acceptors (Lipinski definition) is 5. The molecule has 0 bridgehead atoms. The van der Waals surface area contributed by atoms with Gasteiger partial charge in [-0.05, 0) is 51.9 Å². The van der Waals surface area contributed by atoms with Gasteiger partial charge in [-0.15, -0.1) is 0 Å². The minimum absolute atomic E-state index is 0.0479. The molecule has 1 aromatic carbocycles. The van der Waals surface area contributed by atoms with Crippen LogP contribution in [0.1, 0.15) is 29.3 Å². The Hall–Kier alpha value is -2.18. The average molecular weight is 356 g/mol. The van der Waals surface area contributed by atoms with Crippen molar-refractivity contribution >= 4 is 11.6 Å². The van der Waals surface area contributed by atoms with E-state index in [9.17, 15) is 4.79 Å². The van der Waals surface area contributed by atoms with E-state index in [1.54, 1.807) is 0 Å². The first kappa shape index (κ1) is 18.6. The lowest BCUT2D eigenvalue weighted by Crippen LogP contribution is -2.36. The number of aryl methyl sites for hydroxylation is 3. The summed E-state index contributed by atoms with van der Waals surface area (Å²) in [4.78, 5) is 21.4. The molecule has 1 N–H and O–H groups in total. The molecule has 0 unspecified atom stereocenters. The molecule has 140 valence electrons. The highest BCUT2D eigenvalue weighted by Gasteiger charge is 2.19. The summed E-state index contributed by atoms with van der Waals surface area (Å²) in [7, 11) is 0. The van der Waals surface area contributed by atoms with Crippen LogP contribution in [0.15, 0.2) is 28.7 Å². The van der Waals surface area contributed by atoms with E-state index in [1.165, 1.54) is 0 Å². The minimum atomic E-state index is 0.0479. The zero-order valence-corrected chi connectivity index (χ0v) is 15.9. The highest BCUT2D eigenvalue weighted by molar-refractivity contribution is 5.92. The number of nitrogens with one attached hydrogen (secondary N) is 1. The number of rotatable bonds is 5. The molecule has 0 radical (unpaired) electrons. The largest absolute Gasteiger partial charge is 0.444 e. The predicted octanol–water partition coefficient (Wildman–Crippen LogP) is 2.75. The molecular weight excluding hydrogens is 328 g/mol. The van der Waals surface area contributed by atoms with Crippen LogP contribution >= 0.6 is 0 Å². The second-order valence-corrected chi connectivity index (χ2v) is 7.02. The number of amides is 1. The summed E-state index contributed by atoms with van der Waals surface area (Å²) in [5.74, 6) is 1.72. The maximum absolute atomic E-state index is 12.4. The molecule has 1 aliphatic rings. The van der Waals surface area contributed by atoms with Crippen LogP contribution in [0, 0.1) is 20.8 Å². The fraction of sp³-hybridized carbons (Fsp3) is 0.500. The van der Waals surface area contributed by atoms with Crippen LogP contribution in [0.3, 0.4) is 0 Å². The number of carbonyl (C=O) groups is 1. The number of hydrogen-bond donors (Lipinski definition) is 1. The van der Waals surface area contributed by atoms with E-state index in [4.69, 9.17) is 4.42 Å². The van der Waals surface area contributed by atoms with Crippen molar-refractivity contribution in [1.82, 2.24) is 14.8 Å². The number of benzene rings is 1. The van der Waals surface area contributed by atoms with Gasteiger partial charge in [-0.25, -0.2) is 4.98 Å². The lowest BCUT2D eigenvalue weighted by Gasteiger charge is -2.20. The topological polar surface area (TPSA) is 61.6 Å². The van der Waals surface area contributed by atoms with Crippen molar-refractivity contribution in [1.29, 1.82) is 0 Å². The van der Waals surface area contributed by atoms with E-state index in [2.05, 4.69) is 20.1 Å². The summed E-state index contributed by atoms with van der Waals surface area (Å²) >= 11 is 0. The van der Waals surface area contributed by atoms with Gasteiger partial charge in [0.2, 0.25) is 11.8 Å². The quantitative estimate of drug-likeness (QED) is 0.893. The third-order valence-electron chi connectivity index (χ3n) is 4.90. The Morgan fingerprint density at radius 3 is 2.58 bits per heavy atom. The summed E-state index contributed by atoms with van der Waals surface area (Å²) in [5.41, 5.74) is 2.94. The average Bonchev–Trinajstić information content (AvgIpc) is 2.78. The molecule has 3 rings (SSSR count). The third-order valence-corrected chi connectivity index (χ3v) is 4.90. The standard InChI is InChI=1S/C20H28N4O2/c1-15-7-4-5-8-18(15)22-19(25)13-23-9-6-10-24(12-11-23)14-20-21-16(2)17(3)26-20/h4-5,7-8H,6,9-14H2,1-3H3,(H,22,25). The predicted molar refractivity (Wildman–Crippen MR) is 102 cm³/mol. The Kier molecular flexibility index (Phi) is 6.06. The van der Waals surface area contributed by atoms with Gasteiger partial charge in [0.25, 0.3) is 0 Å². The first-order valence-electron chi connectivity index (χ1n) is 9.24. The fourth-order valence-corrected chi connectivity index (χ4v) is 3.24. The second kappa shape index (κ2) is 8.47. The highest BCUT2D eigenvalue weighted by atomic mass is 16.4. The molecule has 2 heterocycles. The Morgan fingerprint density at radius 1 is 1.12 bits per heavy atom. The van der Waals surface area contributed by atoms with Crippen LogP contribution in [0.4, 0.5) is 5.69 Å². The van der Waals surface area contributed by atoms with Crippen molar-refractivity contribution in [2.45, 2.75) is 33.7 Å². The SMILES string of the molecule is Cc1ccccc1NC(=O)CN1CCCN(Cc2nc(C)c(C)o2)CC1. The number of nitrogens with zero attached hydrogens (tertiary/aromatic N) is 3. The minimum Gasteiger partial charge on any atom is -0.444 e. The molecule has 1 fully saturated rings. The van der Waals surface area contributed by atoms with Gasteiger partial charge in [0.15, 0.2) is 0 Å². The van der Waals surface area contributed by atoms with Crippen LogP contribution in [0.25, 0.3) is 0 Å². The molecule has 0 saturated carbocycles. The molecule has 1 aliphatic heterocycles. The lowest BCUT2D eigenvalue weighted by molar-refractivity contribution is -0.117. The van der Waals surface area contributed by atoms with E-state index in [0.717, 1.165) is 67.7 Å². The van der Waals surface area contributed by atoms with Gasteiger partial charge in [-0.2, -0.15) is 0 Å². The summed E-state index contributed by atoms with van der Waals surface area (Å²) in [6.45, 7) is 10.8. The van der Waals surface area contributed by atoms with E-state index < -0.39 is 0 Å². The summed E-state index contributed by atoms with van der Waals surface area (Å²) < 4.78 is 5.70. The van der Waals surface area contributed by atoms with Gasteiger partial charge in [-0.1, -0.05) is 18.2 Å². The maximum atomic E-state index is 12.4. The van der Waals surface area contributed by atoms with Crippen molar-refractivity contribution in [3.05, 3.63) is 47.2 Å². The molecule has 0 atom stereocenters. The molecule has 1 aromatic heterocycles. The van der Waals surface area contributed by atoms with Crippen LogP contribution in [-0.4, -0.2) is 53.4 Å². The van der Waals surface area contributed by atoms with Crippen LogP contribution in [0.2, 0.25) is 0 Å². The Bertz CT molecular complexity index is 737. The number of para-hydroxylation sites is 1. The second-order valence-electron chi connectivity index (χ2n) is 7.02. The Balaban J connectivity index is 1.49. The molecule has 6 heteroatoms. The molecule has 0 aliphatic carbocycles. The number of carbonyl (C=O) groups excluding carboxylic acids is 1. The van der Waals surface area contributed by atoms with Crippen molar-refractivity contribution < 1.29 is 9.21 Å². The summed E-state index contributed by atoms with van der Waals surface area (Å²) in [6.07, 6.45) is 1.04. The van der Waals surface area contributed by atoms with Gasteiger partial charge in [0, 0.05) is 18.8 Å². The third kappa shape index (κ3) is 4.93. The summed E-state index contributed by atoms with van der Waals surface area (Å²) in [5, 5.41) is 3.02. The fourth-order valence-electron chi connectivity index (χ4n) is 3.24. The van der Waals surface area contributed by atoms with Gasteiger partial charge in [-0.3, -0.25) is 14.6 Å². The number of aromatic nitrogens is 1. The van der Waals surface area contributed by atoms with Crippen molar-refractivity contribution in [2.75, 3.05) is 38.0 Å². The first-order valence-corrected chi connectivity index (χ1v) is 9.24. The molecule has 0 spiro atoms. The molecule has 1 saturated heterocycles. The molecule has 26 heavy (non-hydrogen) atoms. The van der Waals surface area contributed by atoms with Crippen molar-refractivity contribution in [3.63, 3.8) is 0 Å². The van der Waals surface area contributed by atoms with Gasteiger partial charge >= 0.3 is 0 Å². The molecular formula is C20H28N4O2. The first-order chi connectivity index (χ1) is 12.5. The van der Waals surface area contributed by atoms with E-state index in [-0.39, 0.29) is 5.91 Å². The zero-order chi connectivity index (χ0) is 18.5. The van der Waals surface area contributed by atoms with Crippen molar-refractivity contribution in [3.8, 4) is 0 Å². The zero-order valence-electron chi connectivity index (χ0n) is 15.9. The van der Waals surface area contributed by atoms with E-state index >= 15 is 0 Å². The maximum Gasteiger partial charge on any atom is 0.238 e. The summed E-state index contributed by atoms with van der Waals surface area (Å²) in [6, 6.07) is 7.87. The monoisotopic (exact) mass is 356 g/mol. The number of anilines is 1. The van der Waals surface area contributed by atoms with Gasteiger partial charge in [0.1, 0.15) is 5.76 Å². The Morgan fingerprint density at radius 2 is 1.85 bits per heavy atom. The highest BCUT2D eigenvalue weighted by Crippen LogP contribution is 2.14. The van der Waals surface area contributed by atoms with E-state index in [1.807, 2.05) is 45.0 Å². The lowest BCUT2D eigenvalue weighted by atomic mass is 10.2. The van der Waals surface area contributed by atoms with Gasteiger partial charge in [0.05, 0.1) is 18.8 Å². The van der Waals surface area contributed by atoms with Crippen LogP contribution in [-0.2, 0) is 11.3 Å². The van der Waals surface area contributed by atoms with Crippen LogP contribution < -0.4 is 5.32 Å². The molecule has 6 nitrogen and oxygen atoms in total. The van der Waals surface area contributed by atoms with Gasteiger partial charge < -0.3 is 9.73 Å².